The van der Waals surface area contributed by atoms with Gasteiger partial charge in [0.2, 0.25) is 5.91 Å². The molecule has 0 radical (unpaired) electrons. The number of amides is 1. The van der Waals surface area contributed by atoms with Gasteiger partial charge in [-0.3, -0.25) is 14.7 Å². The number of methoxy groups -OCH3 is 2. The first-order chi connectivity index (χ1) is 15.1. The number of para-hydroxylation sites is 1. The minimum atomic E-state index is -0.309. The van der Waals surface area contributed by atoms with Crippen LogP contribution in [0.2, 0.25) is 0 Å². The summed E-state index contributed by atoms with van der Waals surface area (Å²) in [5.41, 5.74) is 1.43. The smallest absolute Gasteiger partial charge is 0.266 e. The number of H-pyrrole nitrogens is 1. The zero-order valence-corrected chi connectivity index (χ0v) is 17.6. The van der Waals surface area contributed by atoms with Gasteiger partial charge in [0.1, 0.15) is 11.5 Å². The standard InChI is InChI=1S/C21H19N5O4S/c1-29-14-9-7-13(8-10-14)22-19(28)12-31-21-24-20(15-5-3-4-6-16(15)30-2)23-17-11-18(27)25-26(17)21/h3-11H,12H2,1-2H3,(H,22,28)(H,25,27). The Balaban J connectivity index is 1.59. The quantitative estimate of drug-likeness (QED) is 0.428. The normalized spacial score (nSPS) is 10.8. The Kier molecular flexibility index (Phi) is 5.89. The molecule has 0 aliphatic carbocycles. The number of nitrogens with one attached hydrogen (secondary N) is 2. The van der Waals surface area contributed by atoms with Gasteiger partial charge >= 0.3 is 0 Å². The second kappa shape index (κ2) is 8.92. The number of anilines is 1. The van der Waals surface area contributed by atoms with Crippen LogP contribution in [-0.2, 0) is 4.79 Å². The fraction of sp³-hybridized carbons (Fsp3) is 0.143. The molecular weight excluding hydrogens is 418 g/mol. The number of aromatic amines is 1. The maximum absolute atomic E-state index is 12.4. The molecule has 158 valence electrons. The molecule has 10 heteroatoms. The number of ether oxygens (including phenoxy) is 2. The van der Waals surface area contributed by atoms with E-state index < -0.39 is 0 Å². The van der Waals surface area contributed by atoms with Crippen LogP contribution in [0.4, 0.5) is 5.69 Å². The number of nitrogens with zero attached hydrogens (tertiary/aromatic N) is 3. The summed E-state index contributed by atoms with van der Waals surface area (Å²) < 4.78 is 12.0. The summed E-state index contributed by atoms with van der Waals surface area (Å²) in [5.74, 6) is 1.59. The van der Waals surface area contributed by atoms with Gasteiger partial charge in [0.05, 0.1) is 25.5 Å². The van der Waals surface area contributed by atoms with Crippen molar-refractivity contribution in [3.05, 3.63) is 65.0 Å². The van der Waals surface area contributed by atoms with Crippen molar-refractivity contribution in [1.29, 1.82) is 0 Å². The number of hydrogen-bond donors (Lipinski definition) is 2. The lowest BCUT2D eigenvalue weighted by molar-refractivity contribution is -0.113. The molecule has 2 heterocycles. The molecule has 0 saturated heterocycles. The van der Waals surface area contributed by atoms with Crippen LogP contribution in [-0.4, -0.2) is 45.5 Å². The molecule has 4 aromatic rings. The predicted octanol–water partition coefficient (Wildman–Crippen LogP) is 2.83. The molecule has 2 aromatic carbocycles. The molecule has 1 amide bonds. The van der Waals surface area contributed by atoms with Gasteiger partial charge in [-0.1, -0.05) is 23.9 Å². The summed E-state index contributed by atoms with van der Waals surface area (Å²) in [6, 6.07) is 15.8. The predicted molar refractivity (Wildman–Crippen MR) is 118 cm³/mol. The summed E-state index contributed by atoms with van der Waals surface area (Å²) in [7, 11) is 3.15. The molecule has 0 saturated carbocycles. The van der Waals surface area contributed by atoms with Crippen LogP contribution in [0, 0.1) is 0 Å². The topological polar surface area (TPSA) is 111 Å². The highest BCUT2D eigenvalue weighted by molar-refractivity contribution is 7.99. The van der Waals surface area contributed by atoms with Gasteiger partial charge in [0.25, 0.3) is 5.56 Å². The molecule has 0 unspecified atom stereocenters. The highest BCUT2D eigenvalue weighted by Gasteiger charge is 2.15. The van der Waals surface area contributed by atoms with Crippen LogP contribution in [0.15, 0.2) is 64.5 Å². The summed E-state index contributed by atoms with van der Waals surface area (Å²) in [5, 5.41) is 5.91. The largest absolute Gasteiger partial charge is 0.497 e. The third kappa shape index (κ3) is 4.53. The first-order valence-electron chi connectivity index (χ1n) is 9.27. The van der Waals surface area contributed by atoms with E-state index in [0.717, 1.165) is 0 Å². The molecular formula is C21H19N5O4S. The average molecular weight is 437 g/mol. The van der Waals surface area contributed by atoms with E-state index in [1.54, 1.807) is 44.6 Å². The van der Waals surface area contributed by atoms with E-state index >= 15 is 0 Å². The number of carbonyl (C=O) groups is 1. The maximum atomic E-state index is 12.4. The number of rotatable bonds is 7. The Morgan fingerprint density at radius 2 is 1.87 bits per heavy atom. The molecule has 31 heavy (non-hydrogen) atoms. The molecule has 9 nitrogen and oxygen atoms in total. The highest BCUT2D eigenvalue weighted by Crippen LogP contribution is 2.29. The van der Waals surface area contributed by atoms with Gasteiger partial charge in [-0.2, -0.15) is 0 Å². The zero-order chi connectivity index (χ0) is 21.8. The molecule has 0 aliphatic rings. The van der Waals surface area contributed by atoms with Gasteiger partial charge in [-0.25, -0.2) is 14.5 Å². The van der Waals surface area contributed by atoms with Crippen molar-refractivity contribution in [2.75, 3.05) is 25.3 Å². The van der Waals surface area contributed by atoms with Crippen molar-refractivity contribution in [3.63, 3.8) is 0 Å². The van der Waals surface area contributed by atoms with Crippen molar-refractivity contribution in [2.45, 2.75) is 5.16 Å². The molecule has 0 atom stereocenters. The summed E-state index contributed by atoms with van der Waals surface area (Å²) in [6.07, 6.45) is 0. The molecule has 0 bridgehead atoms. The lowest BCUT2D eigenvalue weighted by atomic mass is 10.2. The average Bonchev–Trinajstić information content (AvgIpc) is 3.18. The van der Waals surface area contributed by atoms with Crippen LogP contribution < -0.4 is 20.3 Å². The third-order valence-electron chi connectivity index (χ3n) is 4.38. The van der Waals surface area contributed by atoms with Gasteiger partial charge in [0.15, 0.2) is 16.6 Å². The van der Waals surface area contributed by atoms with Crippen LogP contribution in [0.25, 0.3) is 17.0 Å². The first-order valence-corrected chi connectivity index (χ1v) is 10.3. The van der Waals surface area contributed by atoms with Gasteiger partial charge in [-0.15, -0.1) is 0 Å². The van der Waals surface area contributed by atoms with Crippen molar-refractivity contribution in [2.24, 2.45) is 0 Å². The maximum Gasteiger partial charge on any atom is 0.266 e. The van der Waals surface area contributed by atoms with Gasteiger partial charge < -0.3 is 14.8 Å². The minimum absolute atomic E-state index is 0.0870. The molecule has 2 aromatic heterocycles. The molecule has 4 rings (SSSR count). The summed E-state index contributed by atoms with van der Waals surface area (Å²) >= 11 is 1.18. The molecule has 0 aliphatic heterocycles. The number of hydrogen-bond acceptors (Lipinski definition) is 7. The number of thioether (sulfide) groups is 1. The molecule has 2 N–H and O–H groups in total. The monoisotopic (exact) mass is 437 g/mol. The van der Waals surface area contributed by atoms with E-state index in [2.05, 4.69) is 20.4 Å². The fourth-order valence-corrected chi connectivity index (χ4v) is 3.68. The Hall–Kier alpha value is -3.79. The Morgan fingerprint density at radius 3 is 2.61 bits per heavy atom. The van der Waals surface area contributed by atoms with Crippen molar-refractivity contribution < 1.29 is 14.3 Å². The molecule has 0 fully saturated rings. The van der Waals surface area contributed by atoms with Crippen LogP contribution in [0.5, 0.6) is 11.5 Å². The van der Waals surface area contributed by atoms with E-state index in [1.807, 2.05) is 18.2 Å². The lowest BCUT2D eigenvalue weighted by Gasteiger charge is -2.10. The molecule has 0 spiro atoms. The van der Waals surface area contributed by atoms with Crippen molar-refractivity contribution in [1.82, 2.24) is 19.6 Å². The summed E-state index contributed by atoms with van der Waals surface area (Å²) in [4.78, 5) is 33.3. The lowest BCUT2D eigenvalue weighted by Crippen LogP contribution is -2.15. The number of benzene rings is 2. The highest BCUT2D eigenvalue weighted by atomic mass is 32.2. The Labute approximate surface area is 181 Å². The van der Waals surface area contributed by atoms with E-state index in [1.165, 1.54) is 22.3 Å². The van der Waals surface area contributed by atoms with Crippen LogP contribution in [0.3, 0.4) is 0 Å². The fourth-order valence-electron chi connectivity index (χ4n) is 2.93. The van der Waals surface area contributed by atoms with Gasteiger partial charge in [0, 0.05) is 11.8 Å². The Bertz CT molecular complexity index is 1280. The van der Waals surface area contributed by atoms with E-state index in [9.17, 15) is 9.59 Å². The third-order valence-corrected chi connectivity index (χ3v) is 5.32. The van der Waals surface area contributed by atoms with E-state index in [4.69, 9.17) is 9.47 Å². The summed E-state index contributed by atoms with van der Waals surface area (Å²) in [6.45, 7) is 0. The minimum Gasteiger partial charge on any atom is -0.497 e. The SMILES string of the molecule is COc1ccc(NC(=O)CSc2nc(-c3ccccc3OC)nc3cc(=O)[nH]n23)cc1. The second-order valence-electron chi connectivity index (χ2n) is 6.41. The van der Waals surface area contributed by atoms with Crippen molar-refractivity contribution in [3.8, 4) is 22.9 Å². The number of fused-ring (bicyclic) bond motifs is 1. The Morgan fingerprint density at radius 1 is 1.10 bits per heavy atom. The number of aromatic nitrogens is 4. The van der Waals surface area contributed by atoms with E-state index in [-0.39, 0.29) is 17.2 Å². The van der Waals surface area contributed by atoms with E-state index in [0.29, 0.717) is 39.4 Å². The van der Waals surface area contributed by atoms with Crippen molar-refractivity contribution >= 4 is 29.0 Å². The first kappa shape index (κ1) is 20.5. The van der Waals surface area contributed by atoms with Crippen LogP contribution in [0.1, 0.15) is 0 Å². The van der Waals surface area contributed by atoms with Crippen LogP contribution >= 0.6 is 11.8 Å². The van der Waals surface area contributed by atoms with Gasteiger partial charge in [-0.05, 0) is 36.4 Å². The second-order valence-corrected chi connectivity index (χ2v) is 7.35. The number of carbonyl (C=O) groups excluding carboxylic acids is 1. The zero-order valence-electron chi connectivity index (χ0n) is 16.8.